The first kappa shape index (κ1) is 15.4. The molecule has 3 fully saturated rings. The molecular weight excluding hydrogens is 290 g/mol. The van der Waals surface area contributed by atoms with Gasteiger partial charge in [0.15, 0.2) is 0 Å². The van der Waals surface area contributed by atoms with Gasteiger partial charge in [0.2, 0.25) is 0 Å². The van der Waals surface area contributed by atoms with Gasteiger partial charge in [-0.05, 0) is 37.0 Å². The molecule has 3 rings (SSSR count). The molecule has 0 aromatic carbocycles. The minimum absolute atomic E-state index is 0.120. The molecule has 0 amide bonds. The molecule has 2 atom stereocenters. The second kappa shape index (κ2) is 5.03. The van der Waals surface area contributed by atoms with E-state index >= 15 is 0 Å². The lowest BCUT2D eigenvalue weighted by Crippen LogP contribution is -2.44. The van der Waals surface area contributed by atoms with Crippen molar-refractivity contribution in [1.82, 2.24) is 5.06 Å². The normalized spacial score (nSPS) is 36.3. The second-order valence-electron chi connectivity index (χ2n) is 7.43. The summed E-state index contributed by atoms with van der Waals surface area (Å²) < 4.78 is 30.2. The van der Waals surface area contributed by atoms with Crippen molar-refractivity contribution in [3.63, 3.8) is 0 Å². The van der Waals surface area contributed by atoms with Crippen molar-refractivity contribution < 1.29 is 17.5 Å². The topological polar surface area (TPSA) is 63.7 Å². The molecule has 2 aliphatic carbocycles. The summed E-state index contributed by atoms with van der Waals surface area (Å²) in [5.41, 5.74) is -0.964. The number of fused-ring (bicyclic) bond motifs is 2. The largest absolute Gasteiger partial charge is 0.299 e. The van der Waals surface area contributed by atoms with Crippen molar-refractivity contribution in [2.75, 3.05) is 18.8 Å². The second-order valence-corrected chi connectivity index (χ2v) is 8.99. The van der Waals surface area contributed by atoms with Crippen molar-refractivity contribution in [2.24, 2.45) is 16.7 Å². The van der Waals surface area contributed by atoms with Crippen LogP contribution in [0.4, 0.5) is 0 Å². The number of piperidine rings is 1. The van der Waals surface area contributed by atoms with Gasteiger partial charge in [-0.25, -0.2) is 0 Å². The lowest BCUT2D eigenvalue weighted by Gasteiger charge is -2.36. The van der Waals surface area contributed by atoms with E-state index in [9.17, 15) is 13.2 Å². The zero-order valence-electron chi connectivity index (χ0n) is 12.9. The minimum Gasteiger partial charge on any atom is -0.299 e. The first-order valence-corrected chi connectivity index (χ1v) is 9.55. The molecule has 0 aromatic rings. The molecule has 120 valence electrons. The Labute approximate surface area is 127 Å². The van der Waals surface area contributed by atoms with Crippen LogP contribution in [0.25, 0.3) is 0 Å². The summed E-state index contributed by atoms with van der Waals surface area (Å²) in [6.45, 7) is 5.41. The lowest BCUT2D eigenvalue weighted by molar-refractivity contribution is -0.128. The standard InChI is InChI=1S/C15H25NO4S/c1-14(2)12-6-7-15(14,13(17)10-12)11-21(18,19)20-16-8-4-3-5-9-16/h12H,3-11H2,1-2H3. The molecule has 21 heavy (non-hydrogen) atoms. The summed E-state index contributed by atoms with van der Waals surface area (Å²) in [6.07, 6.45) is 5.23. The molecule has 1 heterocycles. The maximum absolute atomic E-state index is 12.5. The summed E-state index contributed by atoms with van der Waals surface area (Å²) in [4.78, 5) is 12.4. The molecule has 5 nitrogen and oxygen atoms in total. The Morgan fingerprint density at radius 2 is 1.90 bits per heavy atom. The van der Waals surface area contributed by atoms with Crippen LogP contribution < -0.4 is 0 Å². The number of carbonyl (C=O) groups excluding carboxylic acids is 1. The molecule has 1 aliphatic heterocycles. The number of hydroxylamine groups is 2. The van der Waals surface area contributed by atoms with Crippen LogP contribution in [-0.2, 0) is 19.2 Å². The van der Waals surface area contributed by atoms with E-state index in [1.807, 2.05) is 13.8 Å². The molecule has 3 aliphatic rings. The van der Waals surface area contributed by atoms with Crippen LogP contribution in [0.2, 0.25) is 0 Å². The molecule has 6 heteroatoms. The van der Waals surface area contributed by atoms with E-state index in [-0.39, 0.29) is 17.0 Å². The third-order valence-corrected chi connectivity index (χ3v) is 7.38. The van der Waals surface area contributed by atoms with Gasteiger partial charge in [-0.15, -0.1) is 0 Å². The Morgan fingerprint density at radius 1 is 1.24 bits per heavy atom. The molecule has 0 N–H and O–H groups in total. The molecule has 0 spiro atoms. The van der Waals surface area contributed by atoms with Crippen LogP contribution in [0, 0.1) is 16.7 Å². The van der Waals surface area contributed by atoms with Crippen molar-refractivity contribution in [2.45, 2.75) is 52.4 Å². The molecule has 2 saturated carbocycles. The van der Waals surface area contributed by atoms with E-state index in [2.05, 4.69) is 0 Å². The zero-order valence-corrected chi connectivity index (χ0v) is 13.7. The van der Waals surface area contributed by atoms with Crippen molar-refractivity contribution >= 4 is 15.9 Å². The van der Waals surface area contributed by atoms with Crippen LogP contribution in [0.15, 0.2) is 0 Å². The van der Waals surface area contributed by atoms with Crippen LogP contribution in [0.3, 0.4) is 0 Å². The van der Waals surface area contributed by atoms with Gasteiger partial charge >= 0.3 is 0 Å². The third kappa shape index (κ3) is 2.45. The number of Topliss-reactive ketones (excluding diaryl/α,β-unsaturated/α-hetero) is 1. The average Bonchev–Trinajstić information content (AvgIpc) is 2.72. The van der Waals surface area contributed by atoms with Crippen molar-refractivity contribution in [3.05, 3.63) is 0 Å². The number of rotatable bonds is 4. The van der Waals surface area contributed by atoms with Gasteiger partial charge in [-0.2, -0.15) is 17.8 Å². The maximum atomic E-state index is 12.5. The zero-order chi connectivity index (χ0) is 15.3. The number of hydrogen-bond donors (Lipinski definition) is 0. The monoisotopic (exact) mass is 315 g/mol. The van der Waals surface area contributed by atoms with Crippen LogP contribution in [-0.4, -0.2) is 38.1 Å². The highest BCUT2D eigenvalue weighted by Crippen LogP contribution is 2.64. The van der Waals surface area contributed by atoms with Gasteiger partial charge in [0.1, 0.15) is 5.78 Å². The highest BCUT2D eigenvalue weighted by Gasteiger charge is 2.65. The Morgan fingerprint density at radius 3 is 2.43 bits per heavy atom. The average molecular weight is 315 g/mol. The van der Waals surface area contributed by atoms with E-state index in [1.54, 1.807) is 5.06 Å². The van der Waals surface area contributed by atoms with Crippen LogP contribution in [0.5, 0.6) is 0 Å². The Bertz CT molecular complexity index is 536. The fraction of sp³-hybridized carbons (Fsp3) is 0.933. The molecule has 1 saturated heterocycles. The summed E-state index contributed by atoms with van der Waals surface area (Å²) in [7, 11) is -3.71. The Balaban J connectivity index is 1.76. The fourth-order valence-corrected chi connectivity index (χ4v) is 6.34. The highest BCUT2D eigenvalue weighted by molar-refractivity contribution is 7.86. The van der Waals surface area contributed by atoms with Crippen molar-refractivity contribution in [3.8, 4) is 0 Å². The molecule has 2 unspecified atom stereocenters. The van der Waals surface area contributed by atoms with Gasteiger partial charge in [0.25, 0.3) is 10.1 Å². The maximum Gasteiger partial charge on any atom is 0.284 e. The lowest BCUT2D eigenvalue weighted by atomic mass is 9.70. The minimum atomic E-state index is -3.71. The fourth-order valence-electron chi connectivity index (χ4n) is 4.54. The van der Waals surface area contributed by atoms with Crippen LogP contribution in [0.1, 0.15) is 52.4 Å². The summed E-state index contributed by atoms with van der Waals surface area (Å²) in [6, 6.07) is 0. The van der Waals surface area contributed by atoms with E-state index in [0.717, 1.165) is 25.7 Å². The third-order valence-electron chi connectivity index (χ3n) is 6.10. The Hall–Kier alpha value is -0.460. The van der Waals surface area contributed by atoms with Gasteiger partial charge < -0.3 is 0 Å². The predicted molar refractivity (Wildman–Crippen MR) is 78.9 cm³/mol. The van der Waals surface area contributed by atoms with E-state index in [4.69, 9.17) is 4.28 Å². The molecule has 2 bridgehead atoms. The summed E-state index contributed by atoms with van der Waals surface area (Å²) >= 11 is 0. The predicted octanol–water partition coefficient (Wildman–Crippen LogP) is 2.13. The SMILES string of the molecule is CC1(C)C2CCC1(CS(=O)(=O)ON1CCCCC1)C(=O)C2. The number of hydrogen-bond acceptors (Lipinski definition) is 5. The summed E-state index contributed by atoms with van der Waals surface area (Å²) in [5, 5.41) is 1.55. The van der Waals surface area contributed by atoms with Crippen molar-refractivity contribution in [1.29, 1.82) is 0 Å². The molecular formula is C15H25NO4S. The number of nitrogens with zero attached hydrogens (tertiary/aromatic N) is 1. The molecule has 0 aromatic heterocycles. The van der Waals surface area contributed by atoms with Gasteiger partial charge in [0, 0.05) is 19.5 Å². The van der Waals surface area contributed by atoms with E-state index in [1.165, 1.54) is 0 Å². The quantitative estimate of drug-likeness (QED) is 0.795. The van der Waals surface area contributed by atoms with E-state index < -0.39 is 15.5 Å². The van der Waals surface area contributed by atoms with E-state index in [0.29, 0.717) is 31.8 Å². The van der Waals surface area contributed by atoms with Crippen LogP contribution >= 0.6 is 0 Å². The van der Waals surface area contributed by atoms with Gasteiger partial charge in [-0.3, -0.25) is 4.79 Å². The first-order valence-electron chi connectivity index (χ1n) is 7.97. The highest BCUT2D eigenvalue weighted by atomic mass is 32.2. The number of ketones is 1. The van der Waals surface area contributed by atoms with Gasteiger partial charge in [0.05, 0.1) is 11.2 Å². The summed E-state index contributed by atoms with van der Waals surface area (Å²) in [5.74, 6) is 0.295. The smallest absolute Gasteiger partial charge is 0.284 e. The van der Waals surface area contributed by atoms with Gasteiger partial charge in [-0.1, -0.05) is 20.3 Å². The Kier molecular flexibility index (Phi) is 3.70. The number of carbonyl (C=O) groups is 1. The molecule has 0 radical (unpaired) electrons. The first-order chi connectivity index (χ1) is 9.77.